The van der Waals surface area contributed by atoms with Gasteiger partial charge in [0.15, 0.2) is 5.78 Å². The number of amides is 1. The molecule has 1 fully saturated rings. The van der Waals surface area contributed by atoms with Crippen LogP contribution in [0.4, 0.5) is 4.79 Å². The van der Waals surface area contributed by atoms with Gasteiger partial charge in [-0.3, -0.25) is 4.79 Å². The zero-order valence-electron chi connectivity index (χ0n) is 17.0. The van der Waals surface area contributed by atoms with Crippen LogP contribution in [0.2, 0.25) is 0 Å². The zero-order valence-corrected chi connectivity index (χ0v) is 17.9. The van der Waals surface area contributed by atoms with Gasteiger partial charge in [-0.05, 0) is 51.7 Å². The Bertz CT molecular complexity index is 633. The van der Waals surface area contributed by atoms with Crippen LogP contribution in [-0.2, 0) is 4.74 Å². The lowest BCUT2D eigenvalue weighted by Gasteiger charge is -2.21. The number of benzene rings is 1. The van der Waals surface area contributed by atoms with Crippen LogP contribution in [0.25, 0.3) is 0 Å². The standard InChI is InChI=1S/C22H33NO3S/c1-16(14-23-21(25)26-22(2,3)4)20(24)18-11-8-12-19(13-18)27-15-17-9-6-5-7-10-17/h8,11-13,16-17H,5-7,9-10,14-15H2,1-4H3,(H,23,25). The van der Waals surface area contributed by atoms with Crippen molar-refractivity contribution in [2.75, 3.05) is 12.3 Å². The van der Waals surface area contributed by atoms with Gasteiger partial charge in [0, 0.05) is 28.7 Å². The van der Waals surface area contributed by atoms with E-state index in [4.69, 9.17) is 4.74 Å². The molecule has 0 saturated heterocycles. The van der Waals surface area contributed by atoms with E-state index >= 15 is 0 Å². The van der Waals surface area contributed by atoms with Gasteiger partial charge in [-0.15, -0.1) is 11.8 Å². The second-order valence-electron chi connectivity index (χ2n) is 8.49. The lowest BCUT2D eigenvalue weighted by molar-refractivity contribution is 0.0520. The average Bonchev–Trinajstić information content (AvgIpc) is 2.63. The van der Waals surface area contributed by atoms with E-state index in [1.54, 1.807) is 0 Å². The van der Waals surface area contributed by atoms with E-state index in [1.165, 1.54) is 32.1 Å². The van der Waals surface area contributed by atoms with Crippen LogP contribution in [0.5, 0.6) is 0 Å². The van der Waals surface area contributed by atoms with Crippen molar-refractivity contribution in [2.24, 2.45) is 11.8 Å². The first-order chi connectivity index (χ1) is 12.7. The summed E-state index contributed by atoms with van der Waals surface area (Å²) >= 11 is 1.85. The Kier molecular flexibility index (Phi) is 8.21. The number of ketones is 1. The molecular weight excluding hydrogens is 358 g/mol. The molecule has 1 aromatic rings. The molecule has 27 heavy (non-hydrogen) atoms. The molecule has 0 heterocycles. The van der Waals surface area contributed by atoms with Crippen molar-refractivity contribution in [1.29, 1.82) is 0 Å². The number of ether oxygens (including phenoxy) is 1. The third-order valence-electron chi connectivity index (χ3n) is 4.73. The highest BCUT2D eigenvalue weighted by molar-refractivity contribution is 7.99. The maximum Gasteiger partial charge on any atom is 0.407 e. The van der Waals surface area contributed by atoms with Gasteiger partial charge in [0.2, 0.25) is 0 Å². The number of alkyl carbamates (subject to hydrolysis) is 1. The lowest BCUT2D eigenvalue weighted by atomic mass is 9.91. The van der Waals surface area contributed by atoms with Gasteiger partial charge in [0.25, 0.3) is 0 Å². The van der Waals surface area contributed by atoms with Crippen LogP contribution in [0.15, 0.2) is 29.2 Å². The molecule has 0 bridgehead atoms. The van der Waals surface area contributed by atoms with Gasteiger partial charge in [-0.25, -0.2) is 4.79 Å². The van der Waals surface area contributed by atoms with E-state index in [0.717, 1.165) is 16.6 Å². The number of hydrogen-bond donors (Lipinski definition) is 1. The highest BCUT2D eigenvalue weighted by Crippen LogP contribution is 2.30. The molecule has 2 rings (SSSR count). The molecule has 1 amide bonds. The largest absolute Gasteiger partial charge is 0.444 e. The molecule has 1 aromatic carbocycles. The Morgan fingerprint density at radius 2 is 1.93 bits per heavy atom. The van der Waals surface area contributed by atoms with Gasteiger partial charge in [-0.1, -0.05) is 38.3 Å². The molecule has 1 unspecified atom stereocenters. The fourth-order valence-electron chi connectivity index (χ4n) is 3.23. The zero-order chi connectivity index (χ0) is 19.9. The average molecular weight is 392 g/mol. The van der Waals surface area contributed by atoms with Crippen LogP contribution >= 0.6 is 11.8 Å². The molecule has 0 aromatic heterocycles. The molecule has 1 saturated carbocycles. The fourth-order valence-corrected chi connectivity index (χ4v) is 4.38. The summed E-state index contributed by atoms with van der Waals surface area (Å²) in [5.74, 6) is 1.69. The van der Waals surface area contributed by atoms with Gasteiger partial charge in [0.1, 0.15) is 5.60 Å². The number of hydrogen-bond acceptors (Lipinski definition) is 4. The van der Waals surface area contributed by atoms with Crippen LogP contribution in [0.3, 0.4) is 0 Å². The van der Waals surface area contributed by atoms with E-state index < -0.39 is 11.7 Å². The lowest BCUT2D eigenvalue weighted by Crippen LogP contribution is -2.36. The Hall–Kier alpha value is -1.49. The van der Waals surface area contributed by atoms with Crippen molar-refractivity contribution in [3.05, 3.63) is 29.8 Å². The maximum atomic E-state index is 12.7. The summed E-state index contributed by atoms with van der Waals surface area (Å²) < 4.78 is 5.22. The van der Waals surface area contributed by atoms with E-state index in [1.807, 2.05) is 57.7 Å². The summed E-state index contributed by atoms with van der Waals surface area (Å²) in [7, 11) is 0. The minimum Gasteiger partial charge on any atom is -0.444 e. The van der Waals surface area contributed by atoms with Crippen LogP contribution in [-0.4, -0.2) is 29.8 Å². The SMILES string of the molecule is CC(CNC(=O)OC(C)(C)C)C(=O)c1cccc(SCC2CCCCC2)c1. The summed E-state index contributed by atoms with van der Waals surface area (Å²) in [6, 6.07) is 7.87. The number of Topliss-reactive ketones (excluding diaryl/α,β-unsaturated/α-hetero) is 1. The molecule has 150 valence electrons. The molecule has 0 radical (unpaired) electrons. The maximum absolute atomic E-state index is 12.7. The number of rotatable bonds is 7. The van der Waals surface area contributed by atoms with Crippen molar-refractivity contribution < 1.29 is 14.3 Å². The first-order valence-electron chi connectivity index (χ1n) is 9.98. The topological polar surface area (TPSA) is 55.4 Å². The Balaban J connectivity index is 1.85. The van der Waals surface area contributed by atoms with Gasteiger partial charge in [0.05, 0.1) is 0 Å². The minimum atomic E-state index is -0.540. The first kappa shape index (κ1) is 21.8. The Morgan fingerprint density at radius 3 is 2.59 bits per heavy atom. The molecular formula is C22H33NO3S. The quantitative estimate of drug-likeness (QED) is 0.478. The highest BCUT2D eigenvalue weighted by atomic mass is 32.2. The second kappa shape index (κ2) is 10.2. The molecule has 4 nitrogen and oxygen atoms in total. The summed E-state index contributed by atoms with van der Waals surface area (Å²) in [4.78, 5) is 25.6. The van der Waals surface area contributed by atoms with Gasteiger partial charge in [-0.2, -0.15) is 0 Å². The molecule has 0 aliphatic heterocycles. The number of nitrogens with one attached hydrogen (secondary N) is 1. The monoisotopic (exact) mass is 391 g/mol. The Morgan fingerprint density at radius 1 is 1.22 bits per heavy atom. The van der Waals surface area contributed by atoms with Crippen molar-refractivity contribution in [3.63, 3.8) is 0 Å². The molecule has 1 aliphatic rings. The molecule has 0 spiro atoms. The Labute approximate surface area is 167 Å². The highest BCUT2D eigenvalue weighted by Gasteiger charge is 2.20. The molecule has 1 aliphatic carbocycles. The summed E-state index contributed by atoms with van der Waals surface area (Å²) in [5, 5.41) is 2.69. The predicted octanol–water partition coefficient (Wildman–Crippen LogP) is 5.70. The third kappa shape index (κ3) is 7.96. The van der Waals surface area contributed by atoms with Crippen molar-refractivity contribution in [3.8, 4) is 0 Å². The number of carbonyl (C=O) groups excluding carboxylic acids is 2. The molecule has 1 atom stereocenters. The van der Waals surface area contributed by atoms with Crippen molar-refractivity contribution >= 4 is 23.6 Å². The normalized spacial score (nSPS) is 16.6. The second-order valence-corrected chi connectivity index (χ2v) is 9.58. The summed E-state index contributed by atoms with van der Waals surface area (Å²) in [6.45, 7) is 7.56. The van der Waals surface area contributed by atoms with E-state index in [0.29, 0.717) is 5.56 Å². The van der Waals surface area contributed by atoms with Crippen molar-refractivity contribution in [1.82, 2.24) is 5.32 Å². The fraction of sp³-hybridized carbons (Fsp3) is 0.636. The summed E-state index contributed by atoms with van der Waals surface area (Å²) in [5.41, 5.74) is 0.170. The third-order valence-corrected chi connectivity index (χ3v) is 5.95. The predicted molar refractivity (Wildman–Crippen MR) is 111 cm³/mol. The van der Waals surface area contributed by atoms with E-state index in [2.05, 4.69) is 11.4 Å². The van der Waals surface area contributed by atoms with Crippen LogP contribution in [0, 0.1) is 11.8 Å². The number of carbonyl (C=O) groups is 2. The molecule has 1 N–H and O–H groups in total. The van der Waals surface area contributed by atoms with Crippen LogP contribution in [0.1, 0.15) is 70.2 Å². The van der Waals surface area contributed by atoms with Crippen molar-refractivity contribution in [2.45, 2.75) is 70.3 Å². The molecule has 5 heteroatoms. The van der Waals surface area contributed by atoms with Gasteiger partial charge >= 0.3 is 6.09 Å². The smallest absolute Gasteiger partial charge is 0.407 e. The summed E-state index contributed by atoms with van der Waals surface area (Å²) in [6.07, 6.45) is 6.26. The van der Waals surface area contributed by atoms with E-state index in [-0.39, 0.29) is 18.2 Å². The van der Waals surface area contributed by atoms with Crippen LogP contribution < -0.4 is 5.32 Å². The minimum absolute atomic E-state index is 0.0474. The first-order valence-corrected chi connectivity index (χ1v) is 11.0. The van der Waals surface area contributed by atoms with E-state index in [9.17, 15) is 9.59 Å². The number of thioether (sulfide) groups is 1. The van der Waals surface area contributed by atoms with Gasteiger partial charge < -0.3 is 10.1 Å².